The highest BCUT2D eigenvalue weighted by molar-refractivity contribution is 5.91. The van der Waals surface area contributed by atoms with Crippen LogP contribution in [0.5, 0.6) is 0 Å². The summed E-state index contributed by atoms with van der Waals surface area (Å²) in [5.74, 6) is 1.85. The molecular formula is C29H28FN5. The Morgan fingerprint density at radius 2 is 1.69 bits per heavy atom. The van der Waals surface area contributed by atoms with Crippen molar-refractivity contribution in [2.45, 2.75) is 38.5 Å². The van der Waals surface area contributed by atoms with Crippen molar-refractivity contribution in [2.75, 3.05) is 18.0 Å². The van der Waals surface area contributed by atoms with Gasteiger partial charge in [0.05, 0.1) is 11.4 Å². The summed E-state index contributed by atoms with van der Waals surface area (Å²) in [4.78, 5) is 20.2. The van der Waals surface area contributed by atoms with E-state index < -0.39 is 0 Å². The quantitative estimate of drug-likeness (QED) is 0.403. The molecule has 1 N–H and O–H groups in total. The smallest absolute Gasteiger partial charge is 0.139 e. The first kappa shape index (κ1) is 21.7. The molecule has 0 amide bonds. The third kappa shape index (κ3) is 3.93. The van der Waals surface area contributed by atoms with Crippen LogP contribution in [0.1, 0.15) is 48.1 Å². The minimum atomic E-state index is -0.218. The van der Waals surface area contributed by atoms with E-state index in [1.807, 2.05) is 18.2 Å². The number of nitrogens with zero attached hydrogens (tertiary/aromatic N) is 4. The second kappa shape index (κ2) is 8.45. The highest BCUT2D eigenvalue weighted by Gasteiger charge is 2.36. The minimum absolute atomic E-state index is 0.0143. The van der Waals surface area contributed by atoms with Crippen LogP contribution in [-0.4, -0.2) is 33.0 Å². The Morgan fingerprint density at radius 1 is 0.943 bits per heavy atom. The van der Waals surface area contributed by atoms with E-state index in [2.05, 4.69) is 64.0 Å². The fourth-order valence-electron chi connectivity index (χ4n) is 5.29. The number of hydrogen-bond donors (Lipinski definition) is 1. The Morgan fingerprint density at radius 3 is 2.43 bits per heavy atom. The SMILES string of the molecule is Cc1[nH]c(C2(C)CCN(c3ncnc4c3C=C(c3ccc(F)cc3)C4)CC2)nc1-c1ccccc1. The molecule has 0 atom stereocenters. The monoisotopic (exact) mass is 465 g/mol. The lowest BCUT2D eigenvalue weighted by Crippen LogP contribution is -2.42. The number of rotatable bonds is 4. The van der Waals surface area contributed by atoms with Crippen LogP contribution in [0.2, 0.25) is 0 Å². The van der Waals surface area contributed by atoms with Gasteiger partial charge in [-0.15, -0.1) is 0 Å². The summed E-state index contributed by atoms with van der Waals surface area (Å²) in [5.41, 5.74) is 7.60. The molecule has 0 spiro atoms. The van der Waals surface area contributed by atoms with Crippen molar-refractivity contribution in [3.63, 3.8) is 0 Å². The number of hydrogen-bond acceptors (Lipinski definition) is 4. The molecule has 0 radical (unpaired) electrons. The molecule has 2 aliphatic rings. The Balaban J connectivity index is 1.23. The molecule has 2 aromatic carbocycles. The van der Waals surface area contributed by atoms with E-state index >= 15 is 0 Å². The number of H-pyrrole nitrogens is 1. The van der Waals surface area contributed by atoms with Crippen LogP contribution >= 0.6 is 0 Å². The maximum Gasteiger partial charge on any atom is 0.139 e. The number of imidazole rings is 1. The summed E-state index contributed by atoms with van der Waals surface area (Å²) in [5, 5.41) is 0. The second-order valence-electron chi connectivity index (χ2n) is 9.88. The van der Waals surface area contributed by atoms with Gasteiger partial charge in [-0.05, 0) is 49.1 Å². The van der Waals surface area contributed by atoms with Gasteiger partial charge in [-0.1, -0.05) is 49.4 Å². The molecular weight excluding hydrogens is 437 g/mol. The molecule has 0 saturated carbocycles. The Bertz CT molecular complexity index is 1400. The van der Waals surface area contributed by atoms with Crippen molar-refractivity contribution in [1.82, 2.24) is 19.9 Å². The first-order valence-electron chi connectivity index (χ1n) is 12.2. The van der Waals surface area contributed by atoms with E-state index in [0.717, 1.165) is 83.3 Å². The van der Waals surface area contributed by atoms with Gasteiger partial charge in [-0.3, -0.25) is 0 Å². The summed E-state index contributed by atoms with van der Waals surface area (Å²) >= 11 is 0. The Labute approximate surface area is 204 Å². The number of allylic oxidation sites excluding steroid dienone is 1. The summed E-state index contributed by atoms with van der Waals surface area (Å²) in [6, 6.07) is 17.1. The van der Waals surface area contributed by atoms with Gasteiger partial charge in [-0.25, -0.2) is 19.3 Å². The molecule has 1 aliphatic heterocycles. The molecule has 5 nitrogen and oxygen atoms in total. The third-order valence-electron chi connectivity index (χ3n) is 7.51. The van der Waals surface area contributed by atoms with Crippen LogP contribution in [0.4, 0.5) is 10.2 Å². The zero-order valence-corrected chi connectivity index (χ0v) is 20.1. The molecule has 1 aliphatic carbocycles. The number of aryl methyl sites for hydroxylation is 1. The van der Waals surface area contributed by atoms with E-state index in [1.54, 1.807) is 6.33 Å². The second-order valence-corrected chi connectivity index (χ2v) is 9.88. The van der Waals surface area contributed by atoms with Crippen LogP contribution in [0.25, 0.3) is 22.9 Å². The third-order valence-corrected chi connectivity index (χ3v) is 7.51. The number of anilines is 1. The average molecular weight is 466 g/mol. The molecule has 6 heteroatoms. The van der Waals surface area contributed by atoms with E-state index in [0.29, 0.717) is 0 Å². The maximum atomic E-state index is 13.4. The first-order valence-corrected chi connectivity index (χ1v) is 12.2. The Kier molecular flexibility index (Phi) is 5.24. The van der Waals surface area contributed by atoms with Gasteiger partial charge < -0.3 is 9.88 Å². The molecule has 1 saturated heterocycles. The van der Waals surface area contributed by atoms with Crippen molar-refractivity contribution in [3.8, 4) is 11.3 Å². The number of aromatic amines is 1. The zero-order valence-electron chi connectivity index (χ0n) is 20.1. The molecule has 3 heterocycles. The average Bonchev–Trinajstić information content (AvgIpc) is 3.50. The largest absolute Gasteiger partial charge is 0.356 e. The summed E-state index contributed by atoms with van der Waals surface area (Å²) < 4.78 is 13.4. The normalized spacial score (nSPS) is 16.8. The molecule has 0 bridgehead atoms. The highest BCUT2D eigenvalue weighted by Crippen LogP contribution is 2.39. The fraction of sp³-hybridized carbons (Fsp3) is 0.276. The lowest BCUT2D eigenvalue weighted by molar-refractivity contribution is 0.345. The minimum Gasteiger partial charge on any atom is -0.356 e. The maximum absolute atomic E-state index is 13.4. The van der Waals surface area contributed by atoms with Gasteiger partial charge in [0.1, 0.15) is 23.8 Å². The van der Waals surface area contributed by atoms with Gasteiger partial charge >= 0.3 is 0 Å². The van der Waals surface area contributed by atoms with E-state index in [1.165, 1.54) is 12.1 Å². The predicted octanol–water partition coefficient (Wildman–Crippen LogP) is 5.97. The van der Waals surface area contributed by atoms with Gasteiger partial charge in [-0.2, -0.15) is 0 Å². The number of benzene rings is 2. The van der Waals surface area contributed by atoms with Crippen LogP contribution in [0, 0.1) is 12.7 Å². The molecule has 0 unspecified atom stereocenters. The molecule has 176 valence electrons. The van der Waals surface area contributed by atoms with Crippen LogP contribution in [0.15, 0.2) is 60.9 Å². The lowest BCUT2D eigenvalue weighted by Gasteiger charge is -2.39. The summed E-state index contributed by atoms with van der Waals surface area (Å²) in [7, 11) is 0. The summed E-state index contributed by atoms with van der Waals surface area (Å²) in [6.07, 6.45) is 6.57. The Hall–Kier alpha value is -3.80. The van der Waals surface area contributed by atoms with Gasteiger partial charge in [0, 0.05) is 41.7 Å². The zero-order chi connectivity index (χ0) is 24.0. The number of nitrogens with one attached hydrogen (secondary N) is 1. The van der Waals surface area contributed by atoms with Crippen LogP contribution in [0.3, 0.4) is 0 Å². The number of halogens is 1. The topological polar surface area (TPSA) is 57.7 Å². The van der Waals surface area contributed by atoms with Crippen molar-refractivity contribution < 1.29 is 4.39 Å². The highest BCUT2D eigenvalue weighted by atomic mass is 19.1. The van der Waals surface area contributed by atoms with E-state index in [9.17, 15) is 4.39 Å². The predicted molar refractivity (Wildman–Crippen MR) is 138 cm³/mol. The van der Waals surface area contributed by atoms with Gasteiger partial charge in [0.2, 0.25) is 0 Å². The van der Waals surface area contributed by atoms with Crippen molar-refractivity contribution in [2.24, 2.45) is 0 Å². The van der Waals surface area contributed by atoms with Gasteiger partial charge in [0.15, 0.2) is 0 Å². The van der Waals surface area contributed by atoms with Gasteiger partial charge in [0.25, 0.3) is 0 Å². The lowest BCUT2D eigenvalue weighted by atomic mass is 9.79. The standard InChI is InChI=1S/C29H28FN5/c1-19-26(21-6-4-3-5-7-21)34-28(33-19)29(2)12-14-35(15-13-29)27-24-16-22(17-25(24)31-18-32-27)20-8-10-23(30)11-9-20/h3-11,16,18H,12-15,17H2,1-2H3,(H,33,34). The molecule has 4 aromatic rings. The fourth-order valence-corrected chi connectivity index (χ4v) is 5.29. The molecule has 35 heavy (non-hydrogen) atoms. The molecule has 2 aromatic heterocycles. The molecule has 1 fully saturated rings. The van der Waals surface area contributed by atoms with Crippen molar-refractivity contribution in [1.29, 1.82) is 0 Å². The number of fused-ring (bicyclic) bond motifs is 1. The summed E-state index contributed by atoms with van der Waals surface area (Å²) in [6.45, 7) is 6.22. The van der Waals surface area contributed by atoms with Crippen LogP contribution < -0.4 is 4.90 Å². The van der Waals surface area contributed by atoms with Crippen molar-refractivity contribution in [3.05, 3.63) is 95.1 Å². The van der Waals surface area contributed by atoms with E-state index in [4.69, 9.17) is 4.98 Å². The number of aromatic nitrogens is 4. The van der Waals surface area contributed by atoms with E-state index in [-0.39, 0.29) is 11.2 Å². The number of piperidine rings is 1. The van der Waals surface area contributed by atoms with Crippen LogP contribution in [-0.2, 0) is 11.8 Å². The first-order chi connectivity index (χ1) is 17.0. The van der Waals surface area contributed by atoms with Crippen molar-refractivity contribution >= 4 is 17.5 Å². The molecule has 6 rings (SSSR count).